The number of nitrogens with two attached hydrogens (primary N) is 1. The molecule has 0 heterocycles. The first kappa shape index (κ1) is 15.3. The second-order valence-corrected chi connectivity index (χ2v) is 4.79. The number of thiocarbonyl (C=S) groups is 1. The molecule has 0 aromatic heterocycles. The van der Waals surface area contributed by atoms with Crippen LogP contribution >= 0.6 is 12.2 Å². The average molecular weight is 246 g/mol. The number of ether oxygens (including phenoxy) is 1. The van der Waals surface area contributed by atoms with E-state index in [-0.39, 0.29) is 28.8 Å². The third-order valence-corrected chi connectivity index (χ3v) is 2.65. The van der Waals surface area contributed by atoms with Crippen LogP contribution in [0.1, 0.15) is 27.2 Å². The van der Waals surface area contributed by atoms with Gasteiger partial charge in [0.25, 0.3) is 0 Å². The van der Waals surface area contributed by atoms with Gasteiger partial charge < -0.3 is 15.8 Å². The first-order chi connectivity index (χ1) is 7.40. The van der Waals surface area contributed by atoms with Gasteiger partial charge in [-0.2, -0.15) is 0 Å². The Kier molecular flexibility index (Phi) is 7.25. The van der Waals surface area contributed by atoms with Crippen molar-refractivity contribution in [3.05, 3.63) is 0 Å². The van der Waals surface area contributed by atoms with Crippen LogP contribution in [-0.2, 0) is 9.53 Å². The minimum atomic E-state index is -0.389. The van der Waals surface area contributed by atoms with Crippen molar-refractivity contribution in [2.75, 3.05) is 13.7 Å². The number of carbonyl (C=O) groups excluding carboxylic acids is 1. The summed E-state index contributed by atoms with van der Waals surface area (Å²) in [5.74, 6) is -0.363. The summed E-state index contributed by atoms with van der Waals surface area (Å²) in [6.45, 7) is 6.43. The summed E-state index contributed by atoms with van der Waals surface area (Å²) in [7, 11) is 1.64. The van der Waals surface area contributed by atoms with Gasteiger partial charge in [-0.1, -0.05) is 26.1 Å². The molecule has 0 rings (SSSR count). The van der Waals surface area contributed by atoms with E-state index in [4.69, 9.17) is 22.7 Å². The molecule has 2 atom stereocenters. The van der Waals surface area contributed by atoms with E-state index < -0.39 is 0 Å². The van der Waals surface area contributed by atoms with Crippen LogP contribution in [0.2, 0.25) is 0 Å². The molecule has 94 valence electrons. The van der Waals surface area contributed by atoms with Gasteiger partial charge in [0, 0.05) is 19.8 Å². The lowest BCUT2D eigenvalue weighted by molar-refractivity contribution is -0.124. The number of amides is 1. The van der Waals surface area contributed by atoms with Gasteiger partial charge in [0.1, 0.15) is 0 Å². The van der Waals surface area contributed by atoms with Crippen LogP contribution in [0.15, 0.2) is 0 Å². The van der Waals surface area contributed by atoms with Crippen molar-refractivity contribution >= 4 is 23.1 Å². The summed E-state index contributed by atoms with van der Waals surface area (Å²) in [6, 6.07) is 0.0723. The molecule has 0 aliphatic heterocycles. The van der Waals surface area contributed by atoms with Crippen molar-refractivity contribution in [3.8, 4) is 0 Å². The van der Waals surface area contributed by atoms with Crippen LogP contribution in [0, 0.1) is 11.8 Å². The van der Waals surface area contributed by atoms with Crippen molar-refractivity contribution in [1.82, 2.24) is 5.32 Å². The lowest BCUT2D eigenvalue weighted by Crippen LogP contribution is -2.44. The third kappa shape index (κ3) is 5.42. The highest BCUT2D eigenvalue weighted by atomic mass is 32.1. The van der Waals surface area contributed by atoms with Gasteiger partial charge in [-0.25, -0.2) is 0 Å². The average Bonchev–Trinajstić information content (AvgIpc) is 2.13. The van der Waals surface area contributed by atoms with E-state index in [2.05, 4.69) is 5.32 Å². The Labute approximate surface area is 103 Å². The molecule has 0 spiro atoms. The van der Waals surface area contributed by atoms with Crippen LogP contribution < -0.4 is 11.1 Å². The maximum atomic E-state index is 11.9. The molecule has 0 saturated carbocycles. The van der Waals surface area contributed by atoms with Crippen molar-refractivity contribution < 1.29 is 9.53 Å². The van der Waals surface area contributed by atoms with E-state index in [0.29, 0.717) is 6.61 Å². The summed E-state index contributed by atoms with van der Waals surface area (Å²) in [5.41, 5.74) is 5.56. The van der Waals surface area contributed by atoms with E-state index in [9.17, 15) is 4.79 Å². The molecule has 16 heavy (non-hydrogen) atoms. The fourth-order valence-electron chi connectivity index (χ4n) is 1.46. The minimum absolute atomic E-state index is 0.0723. The SMILES string of the molecule is COCCC(C)NC(=O)C(C(N)=S)C(C)C. The highest BCUT2D eigenvalue weighted by molar-refractivity contribution is 7.80. The molecule has 0 saturated heterocycles. The molecule has 0 aromatic rings. The monoisotopic (exact) mass is 246 g/mol. The summed E-state index contributed by atoms with van der Waals surface area (Å²) >= 11 is 4.90. The molecule has 0 aromatic carbocycles. The summed E-state index contributed by atoms with van der Waals surface area (Å²) in [4.78, 5) is 12.1. The maximum Gasteiger partial charge on any atom is 0.230 e. The first-order valence-corrected chi connectivity index (χ1v) is 5.89. The van der Waals surface area contributed by atoms with Crippen LogP contribution in [0.5, 0.6) is 0 Å². The Morgan fingerprint density at radius 1 is 1.44 bits per heavy atom. The molecule has 1 amide bonds. The van der Waals surface area contributed by atoms with Crippen LogP contribution in [-0.4, -0.2) is 30.7 Å². The molecule has 2 unspecified atom stereocenters. The predicted molar refractivity (Wildman–Crippen MR) is 69.2 cm³/mol. The van der Waals surface area contributed by atoms with Crippen LogP contribution in [0.3, 0.4) is 0 Å². The quantitative estimate of drug-likeness (QED) is 0.660. The standard InChI is InChI=1S/C11H22N2O2S/c1-7(2)9(10(12)16)11(14)13-8(3)5-6-15-4/h7-9H,5-6H2,1-4H3,(H2,12,16)(H,13,14). The second-order valence-electron chi connectivity index (χ2n) is 4.32. The zero-order valence-corrected chi connectivity index (χ0v) is 11.3. The normalized spacial score (nSPS) is 14.6. The number of hydrogen-bond donors (Lipinski definition) is 2. The lowest BCUT2D eigenvalue weighted by atomic mass is 9.94. The van der Waals surface area contributed by atoms with Crippen molar-refractivity contribution in [3.63, 3.8) is 0 Å². The van der Waals surface area contributed by atoms with E-state index in [1.165, 1.54) is 0 Å². The zero-order chi connectivity index (χ0) is 12.7. The van der Waals surface area contributed by atoms with E-state index in [1.807, 2.05) is 20.8 Å². The number of methoxy groups -OCH3 is 1. The molecule has 0 aliphatic carbocycles. The first-order valence-electron chi connectivity index (χ1n) is 5.48. The molecular weight excluding hydrogens is 224 g/mol. The highest BCUT2D eigenvalue weighted by Crippen LogP contribution is 2.12. The van der Waals surface area contributed by atoms with Crippen LogP contribution in [0.4, 0.5) is 0 Å². The highest BCUT2D eigenvalue weighted by Gasteiger charge is 2.25. The molecule has 0 radical (unpaired) electrons. The van der Waals surface area contributed by atoms with Crippen molar-refractivity contribution in [1.29, 1.82) is 0 Å². The smallest absolute Gasteiger partial charge is 0.230 e. The molecule has 3 N–H and O–H groups in total. The Balaban J connectivity index is 4.25. The van der Waals surface area contributed by atoms with Gasteiger partial charge in [-0.15, -0.1) is 0 Å². The predicted octanol–water partition coefficient (Wildman–Crippen LogP) is 1.09. The number of carbonyl (C=O) groups is 1. The van der Waals surface area contributed by atoms with Gasteiger partial charge >= 0.3 is 0 Å². The lowest BCUT2D eigenvalue weighted by Gasteiger charge is -2.21. The Bertz CT molecular complexity index is 244. The van der Waals surface area contributed by atoms with E-state index in [0.717, 1.165) is 6.42 Å². The Morgan fingerprint density at radius 3 is 2.38 bits per heavy atom. The largest absolute Gasteiger partial charge is 0.393 e. The summed E-state index contributed by atoms with van der Waals surface area (Å²) in [5, 5.41) is 2.89. The second kappa shape index (κ2) is 7.57. The summed E-state index contributed by atoms with van der Waals surface area (Å²) in [6.07, 6.45) is 0.782. The Morgan fingerprint density at radius 2 is 2.00 bits per heavy atom. The molecule has 0 aliphatic rings. The van der Waals surface area contributed by atoms with Gasteiger partial charge in [-0.05, 0) is 19.3 Å². The molecule has 0 fully saturated rings. The van der Waals surface area contributed by atoms with Crippen LogP contribution in [0.25, 0.3) is 0 Å². The molecule has 4 nitrogen and oxygen atoms in total. The fraction of sp³-hybridized carbons (Fsp3) is 0.818. The van der Waals surface area contributed by atoms with Crippen molar-refractivity contribution in [2.24, 2.45) is 17.6 Å². The number of hydrogen-bond acceptors (Lipinski definition) is 3. The van der Waals surface area contributed by atoms with Gasteiger partial charge in [-0.3, -0.25) is 4.79 Å². The van der Waals surface area contributed by atoms with Gasteiger partial charge in [0.2, 0.25) is 5.91 Å². The van der Waals surface area contributed by atoms with Crippen molar-refractivity contribution in [2.45, 2.75) is 33.2 Å². The van der Waals surface area contributed by atoms with E-state index in [1.54, 1.807) is 7.11 Å². The Hall–Kier alpha value is -0.680. The summed E-state index contributed by atoms with van der Waals surface area (Å²) < 4.78 is 4.95. The topological polar surface area (TPSA) is 64.3 Å². The molecule has 5 heteroatoms. The maximum absolute atomic E-state index is 11.9. The van der Waals surface area contributed by atoms with Gasteiger partial charge in [0.15, 0.2) is 0 Å². The molecular formula is C11H22N2O2S. The number of nitrogens with one attached hydrogen (secondary N) is 1. The molecule has 0 bridgehead atoms. The fourth-order valence-corrected chi connectivity index (χ4v) is 1.84. The third-order valence-electron chi connectivity index (χ3n) is 2.40. The van der Waals surface area contributed by atoms with Gasteiger partial charge in [0.05, 0.1) is 10.9 Å². The zero-order valence-electron chi connectivity index (χ0n) is 10.4. The minimum Gasteiger partial charge on any atom is -0.393 e. The number of rotatable bonds is 7. The van der Waals surface area contributed by atoms with E-state index >= 15 is 0 Å².